The number of carbonyl (C=O) groups is 1. The topological polar surface area (TPSA) is 44.6 Å². The van der Waals surface area contributed by atoms with Crippen molar-refractivity contribution in [1.82, 2.24) is 0 Å². The SMILES string of the molecule is O=C([O-])[C@H]1CC[NH+](Cc2ccccc2)C1. The number of rotatable bonds is 3. The zero-order chi connectivity index (χ0) is 10.7. The molecule has 0 aliphatic carbocycles. The molecule has 80 valence electrons. The van der Waals surface area contributed by atoms with E-state index in [1.165, 1.54) is 10.5 Å². The predicted molar refractivity (Wildman–Crippen MR) is 54.0 cm³/mol. The van der Waals surface area contributed by atoms with Gasteiger partial charge in [-0.3, -0.25) is 0 Å². The highest BCUT2D eigenvalue weighted by molar-refractivity contribution is 5.67. The molecular weight excluding hydrogens is 190 g/mol. The average molecular weight is 205 g/mol. The summed E-state index contributed by atoms with van der Waals surface area (Å²) in [6.45, 7) is 2.56. The number of quaternary nitrogens is 1. The van der Waals surface area contributed by atoms with E-state index in [4.69, 9.17) is 0 Å². The molecule has 0 amide bonds. The Hall–Kier alpha value is -1.35. The molecule has 0 spiro atoms. The molecule has 1 saturated heterocycles. The van der Waals surface area contributed by atoms with Crippen molar-refractivity contribution in [3.05, 3.63) is 35.9 Å². The second kappa shape index (κ2) is 4.45. The Morgan fingerprint density at radius 1 is 1.40 bits per heavy atom. The molecule has 1 N–H and O–H groups in total. The Bertz CT molecular complexity index is 337. The normalized spacial score (nSPS) is 25.3. The molecule has 1 aromatic carbocycles. The smallest absolute Gasteiger partial charge is 0.103 e. The third kappa shape index (κ3) is 2.57. The van der Waals surface area contributed by atoms with E-state index in [0.29, 0.717) is 6.54 Å². The maximum absolute atomic E-state index is 10.7. The van der Waals surface area contributed by atoms with E-state index in [1.54, 1.807) is 0 Å². The molecular formula is C12H15NO2. The van der Waals surface area contributed by atoms with Gasteiger partial charge in [-0.1, -0.05) is 30.3 Å². The number of carboxylic acids is 1. The molecule has 0 bridgehead atoms. The Morgan fingerprint density at radius 2 is 2.13 bits per heavy atom. The van der Waals surface area contributed by atoms with Gasteiger partial charge in [-0.2, -0.15) is 0 Å². The van der Waals surface area contributed by atoms with Crippen LogP contribution in [0.4, 0.5) is 0 Å². The predicted octanol–water partition coefficient (Wildman–Crippen LogP) is -1.16. The first kappa shape index (κ1) is 10.2. The zero-order valence-corrected chi connectivity index (χ0v) is 8.61. The molecule has 3 heteroatoms. The van der Waals surface area contributed by atoms with Crippen molar-refractivity contribution in [1.29, 1.82) is 0 Å². The van der Waals surface area contributed by atoms with E-state index < -0.39 is 5.97 Å². The Kier molecular flexibility index (Phi) is 3.02. The number of carboxylic acid groups (broad SMARTS) is 1. The maximum atomic E-state index is 10.7. The van der Waals surface area contributed by atoms with Gasteiger partial charge in [0.15, 0.2) is 0 Å². The lowest BCUT2D eigenvalue weighted by Gasteiger charge is -2.13. The van der Waals surface area contributed by atoms with Crippen molar-refractivity contribution < 1.29 is 14.8 Å². The van der Waals surface area contributed by atoms with E-state index in [-0.39, 0.29) is 5.92 Å². The molecule has 3 nitrogen and oxygen atoms in total. The lowest BCUT2D eigenvalue weighted by atomic mass is 10.1. The molecule has 0 aromatic heterocycles. The maximum Gasteiger partial charge on any atom is 0.103 e. The third-order valence-electron chi connectivity index (χ3n) is 3.01. The van der Waals surface area contributed by atoms with Crippen LogP contribution in [0.15, 0.2) is 30.3 Å². The van der Waals surface area contributed by atoms with E-state index in [0.717, 1.165) is 19.5 Å². The number of hydrogen-bond donors (Lipinski definition) is 1. The van der Waals surface area contributed by atoms with Crippen LogP contribution in [0.5, 0.6) is 0 Å². The summed E-state index contributed by atoms with van der Waals surface area (Å²) >= 11 is 0. The summed E-state index contributed by atoms with van der Waals surface area (Å²) in [4.78, 5) is 12.0. The molecule has 2 atom stereocenters. The minimum absolute atomic E-state index is 0.247. The van der Waals surface area contributed by atoms with Crippen molar-refractivity contribution in [2.45, 2.75) is 13.0 Å². The fourth-order valence-electron chi connectivity index (χ4n) is 2.18. The van der Waals surface area contributed by atoms with Crippen LogP contribution >= 0.6 is 0 Å². The molecule has 1 aliphatic rings. The van der Waals surface area contributed by atoms with Crippen molar-refractivity contribution >= 4 is 5.97 Å². The summed E-state index contributed by atoms with van der Waals surface area (Å²) in [5.41, 5.74) is 1.27. The Labute approximate surface area is 89.3 Å². The van der Waals surface area contributed by atoms with Gasteiger partial charge in [0, 0.05) is 12.0 Å². The molecule has 0 radical (unpaired) electrons. The molecule has 1 heterocycles. The summed E-state index contributed by atoms with van der Waals surface area (Å²) in [5, 5.41) is 10.7. The number of aliphatic carboxylic acids is 1. The first-order chi connectivity index (χ1) is 7.25. The van der Waals surface area contributed by atoms with Crippen molar-refractivity contribution in [3.8, 4) is 0 Å². The number of carbonyl (C=O) groups excluding carboxylic acids is 1. The zero-order valence-electron chi connectivity index (χ0n) is 8.61. The molecule has 1 fully saturated rings. The van der Waals surface area contributed by atoms with Crippen LogP contribution in [0.2, 0.25) is 0 Å². The third-order valence-corrected chi connectivity index (χ3v) is 3.01. The van der Waals surface area contributed by atoms with Gasteiger partial charge in [0.2, 0.25) is 0 Å². The van der Waals surface area contributed by atoms with E-state index in [1.807, 2.05) is 18.2 Å². The highest BCUT2D eigenvalue weighted by Gasteiger charge is 2.26. The monoisotopic (exact) mass is 205 g/mol. The minimum atomic E-state index is -0.891. The van der Waals surface area contributed by atoms with Crippen LogP contribution in [-0.4, -0.2) is 19.1 Å². The van der Waals surface area contributed by atoms with Crippen LogP contribution in [-0.2, 0) is 11.3 Å². The number of hydrogen-bond acceptors (Lipinski definition) is 2. The fraction of sp³-hybridized carbons (Fsp3) is 0.417. The largest absolute Gasteiger partial charge is 0.550 e. The molecule has 2 rings (SSSR count). The highest BCUT2D eigenvalue weighted by Crippen LogP contribution is 2.03. The van der Waals surface area contributed by atoms with Gasteiger partial charge in [0.1, 0.15) is 6.54 Å². The van der Waals surface area contributed by atoms with Crippen LogP contribution in [0, 0.1) is 5.92 Å². The number of benzene rings is 1. The molecule has 0 saturated carbocycles. The number of nitrogens with one attached hydrogen (secondary N) is 1. The second-order valence-corrected chi connectivity index (χ2v) is 4.17. The van der Waals surface area contributed by atoms with Gasteiger partial charge in [-0.05, 0) is 0 Å². The van der Waals surface area contributed by atoms with Crippen molar-refractivity contribution in [2.75, 3.05) is 13.1 Å². The fourth-order valence-corrected chi connectivity index (χ4v) is 2.18. The van der Waals surface area contributed by atoms with Gasteiger partial charge in [-0.15, -0.1) is 0 Å². The highest BCUT2D eigenvalue weighted by atomic mass is 16.4. The molecule has 1 aliphatic heterocycles. The van der Waals surface area contributed by atoms with Crippen LogP contribution in [0.1, 0.15) is 12.0 Å². The summed E-state index contributed by atoms with van der Waals surface area (Å²) in [6, 6.07) is 10.2. The second-order valence-electron chi connectivity index (χ2n) is 4.17. The first-order valence-corrected chi connectivity index (χ1v) is 5.34. The van der Waals surface area contributed by atoms with Crippen molar-refractivity contribution in [2.24, 2.45) is 5.92 Å². The van der Waals surface area contributed by atoms with Gasteiger partial charge in [-0.25, -0.2) is 0 Å². The van der Waals surface area contributed by atoms with Crippen molar-refractivity contribution in [3.63, 3.8) is 0 Å². The van der Waals surface area contributed by atoms with E-state index >= 15 is 0 Å². The van der Waals surface area contributed by atoms with Crippen LogP contribution < -0.4 is 10.0 Å². The summed E-state index contributed by atoms with van der Waals surface area (Å²) < 4.78 is 0. The first-order valence-electron chi connectivity index (χ1n) is 5.34. The lowest BCUT2D eigenvalue weighted by molar-refractivity contribution is -0.902. The standard InChI is InChI=1S/C12H15NO2/c14-12(15)11-6-7-13(9-11)8-10-4-2-1-3-5-10/h1-5,11H,6-9H2,(H,14,15)/t11-/m0/s1. The number of likely N-dealkylation sites (tertiary alicyclic amines) is 1. The average Bonchev–Trinajstić information content (AvgIpc) is 2.68. The van der Waals surface area contributed by atoms with E-state index in [2.05, 4.69) is 12.1 Å². The molecule has 15 heavy (non-hydrogen) atoms. The Balaban J connectivity index is 1.90. The van der Waals surface area contributed by atoms with Gasteiger partial charge >= 0.3 is 0 Å². The molecule has 1 aromatic rings. The summed E-state index contributed by atoms with van der Waals surface area (Å²) in [6.07, 6.45) is 0.754. The van der Waals surface area contributed by atoms with Gasteiger partial charge in [0.05, 0.1) is 25.0 Å². The Morgan fingerprint density at radius 3 is 2.73 bits per heavy atom. The summed E-state index contributed by atoms with van der Waals surface area (Å²) in [7, 11) is 0. The minimum Gasteiger partial charge on any atom is -0.550 e. The van der Waals surface area contributed by atoms with E-state index in [9.17, 15) is 9.90 Å². The van der Waals surface area contributed by atoms with Gasteiger partial charge in [0.25, 0.3) is 0 Å². The van der Waals surface area contributed by atoms with Crippen LogP contribution in [0.25, 0.3) is 0 Å². The van der Waals surface area contributed by atoms with Crippen LogP contribution in [0.3, 0.4) is 0 Å². The summed E-state index contributed by atoms with van der Waals surface area (Å²) in [5.74, 6) is -1.14. The molecule has 1 unspecified atom stereocenters. The lowest BCUT2D eigenvalue weighted by Crippen LogP contribution is -3.09. The van der Waals surface area contributed by atoms with Gasteiger partial charge < -0.3 is 14.8 Å². The quantitative estimate of drug-likeness (QED) is 0.676.